The molecule has 168 valence electrons. The zero-order valence-corrected chi connectivity index (χ0v) is 19.4. The molecule has 2 aromatic rings. The molecule has 1 aliphatic heterocycles. The number of rotatable bonds is 8. The first-order chi connectivity index (χ1) is 14.8. The van der Waals surface area contributed by atoms with Gasteiger partial charge < -0.3 is 10.1 Å². The predicted molar refractivity (Wildman–Crippen MR) is 125 cm³/mol. The second-order valence-electron chi connectivity index (χ2n) is 9.82. The molecule has 1 aliphatic rings. The maximum absolute atomic E-state index is 12.8. The quantitative estimate of drug-likeness (QED) is 0.640. The molecule has 0 bridgehead atoms. The number of hydrogen-bond donors (Lipinski definition) is 1. The van der Waals surface area contributed by atoms with E-state index in [1.165, 1.54) is 18.4 Å². The van der Waals surface area contributed by atoms with E-state index in [0.717, 1.165) is 37.4 Å². The lowest BCUT2D eigenvalue weighted by Crippen LogP contribution is -2.42. The molecule has 1 aromatic heterocycles. The Kier molecular flexibility index (Phi) is 8.08. The van der Waals surface area contributed by atoms with Crippen molar-refractivity contribution < 1.29 is 9.53 Å². The van der Waals surface area contributed by atoms with Crippen molar-refractivity contribution in [1.82, 2.24) is 15.2 Å². The van der Waals surface area contributed by atoms with Crippen LogP contribution in [0.1, 0.15) is 70.2 Å². The van der Waals surface area contributed by atoms with Crippen molar-refractivity contribution in [3.05, 3.63) is 59.9 Å². The van der Waals surface area contributed by atoms with Gasteiger partial charge in [-0.05, 0) is 61.1 Å². The average molecular weight is 424 g/mol. The van der Waals surface area contributed by atoms with Crippen molar-refractivity contribution in [3.63, 3.8) is 0 Å². The van der Waals surface area contributed by atoms with E-state index in [1.807, 2.05) is 36.5 Å². The lowest BCUT2D eigenvalue weighted by molar-refractivity contribution is -0.123. The summed E-state index contributed by atoms with van der Waals surface area (Å²) in [6.07, 6.45) is 6.80. The van der Waals surface area contributed by atoms with Gasteiger partial charge >= 0.3 is 0 Å². The summed E-state index contributed by atoms with van der Waals surface area (Å²) in [6, 6.07) is 14.6. The highest BCUT2D eigenvalue weighted by molar-refractivity contribution is 5.77. The summed E-state index contributed by atoms with van der Waals surface area (Å²) in [4.78, 5) is 19.9. The molecule has 5 heteroatoms. The lowest BCUT2D eigenvalue weighted by atomic mass is 9.90. The van der Waals surface area contributed by atoms with Crippen molar-refractivity contribution in [2.24, 2.45) is 5.41 Å². The van der Waals surface area contributed by atoms with Gasteiger partial charge in [-0.25, -0.2) is 0 Å². The van der Waals surface area contributed by atoms with Gasteiger partial charge in [0.2, 0.25) is 5.91 Å². The van der Waals surface area contributed by atoms with Crippen LogP contribution in [0.25, 0.3) is 0 Å². The molecule has 1 saturated heterocycles. The zero-order chi connectivity index (χ0) is 22.3. The second-order valence-corrected chi connectivity index (χ2v) is 9.82. The van der Waals surface area contributed by atoms with Gasteiger partial charge in [0.15, 0.2) is 0 Å². The average Bonchev–Trinajstić information content (AvgIpc) is 2.74. The predicted octanol–water partition coefficient (Wildman–Crippen LogP) is 5.13. The molecule has 1 fully saturated rings. The van der Waals surface area contributed by atoms with E-state index in [9.17, 15) is 4.79 Å². The summed E-state index contributed by atoms with van der Waals surface area (Å²) in [5, 5.41) is 3.29. The van der Waals surface area contributed by atoms with Crippen LogP contribution >= 0.6 is 0 Å². The number of piperidine rings is 1. The maximum atomic E-state index is 12.8. The van der Waals surface area contributed by atoms with E-state index in [1.54, 1.807) is 7.11 Å². The molecule has 3 rings (SSSR count). The number of nitrogens with one attached hydrogen (secondary N) is 1. The molecular formula is C26H37N3O2. The number of amides is 1. The Balaban J connectivity index is 1.72. The number of carbonyl (C=O) groups excluding carboxylic acids is 1. The summed E-state index contributed by atoms with van der Waals surface area (Å²) < 4.78 is 5.29. The number of benzene rings is 1. The summed E-state index contributed by atoms with van der Waals surface area (Å²) in [6.45, 7) is 8.29. The van der Waals surface area contributed by atoms with Crippen molar-refractivity contribution in [2.75, 3.05) is 13.7 Å². The van der Waals surface area contributed by atoms with E-state index < -0.39 is 0 Å². The van der Waals surface area contributed by atoms with Crippen LogP contribution in [0.15, 0.2) is 48.7 Å². The minimum absolute atomic E-state index is 0.0377. The Morgan fingerprint density at radius 2 is 1.97 bits per heavy atom. The third-order valence-electron chi connectivity index (χ3n) is 5.87. The molecule has 1 N–H and O–H groups in total. The van der Waals surface area contributed by atoms with E-state index >= 15 is 0 Å². The number of ether oxygens (including phenoxy) is 1. The van der Waals surface area contributed by atoms with E-state index in [2.05, 4.69) is 48.1 Å². The Hall–Kier alpha value is -2.40. The monoisotopic (exact) mass is 423 g/mol. The highest BCUT2D eigenvalue weighted by Gasteiger charge is 2.28. The van der Waals surface area contributed by atoms with Crippen molar-refractivity contribution in [3.8, 4) is 5.75 Å². The van der Waals surface area contributed by atoms with Gasteiger partial charge in [-0.15, -0.1) is 0 Å². The van der Waals surface area contributed by atoms with Crippen molar-refractivity contribution in [1.29, 1.82) is 0 Å². The van der Waals surface area contributed by atoms with Gasteiger partial charge in [0.1, 0.15) is 5.75 Å². The van der Waals surface area contributed by atoms with E-state index in [-0.39, 0.29) is 17.4 Å². The number of aromatic nitrogens is 1. The van der Waals surface area contributed by atoms with Gasteiger partial charge in [0, 0.05) is 25.2 Å². The van der Waals surface area contributed by atoms with E-state index in [4.69, 9.17) is 4.74 Å². The third kappa shape index (κ3) is 7.35. The number of likely N-dealkylation sites (tertiary alicyclic amines) is 1. The largest absolute Gasteiger partial charge is 0.497 e. The highest BCUT2D eigenvalue weighted by atomic mass is 16.5. The smallest absolute Gasteiger partial charge is 0.221 e. The zero-order valence-electron chi connectivity index (χ0n) is 19.4. The molecule has 0 aliphatic carbocycles. The van der Waals surface area contributed by atoms with Crippen LogP contribution in [0, 0.1) is 5.41 Å². The summed E-state index contributed by atoms with van der Waals surface area (Å²) in [5.41, 5.74) is 2.20. The van der Waals surface area contributed by atoms with Crippen LogP contribution < -0.4 is 10.1 Å². The summed E-state index contributed by atoms with van der Waals surface area (Å²) in [5.74, 6) is 0.983. The molecule has 31 heavy (non-hydrogen) atoms. The Morgan fingerprint density at radius 3 is 2.61 bits per heavy atom. The Labute approximate surface area is 187 Å². The second kappa shape index (κ2) is 10.8. The van der Waals surface area contributed by atoms with Gasteiger partial charge in [0.25, 0.3) is 0 Å². The molecule has 0 saturated carbocycles. The number of nitrogens with zero attached hydrogens (tertiary/aromatic N) is 2. The number of pyridine rings is 1. The first-order valence-corrected chi connectivity index (χ1v) is 11.4. The fourth-order valence-corrected chi connectivity index (χ4v) is 4.34. The Bertz CT molecular complexity index is 815. The first-order valence-electron chi connectivity index (χ1n) is 11.4. The fourth-order valence-electron chi connectivity index (χ4n) is 4.34. The van der Waals surface area contributed by atoms with Gasteiger partial charge in [-0.1, -0.05) is 45.4 Å². The molecule has 2 atom stereocenters. The third-order valence-corrected chi connectivity index (χ3v) is 5.87. The summed E-state index contributed by atoms with van der Waals surface area (Å²) in [7, 11) is 1.70. The molecule has 0 radical (unpaired) electrons. The minimum Gasteiger partial charge on any atom is -0.497 e. The van der Waals surface area contributed by atoms with Crippen LogP contribution in [0.2, 0.25) is 0 Å². The molecule has 2 heterocycles. The van der Waals surface area contributed by atoms with E-state index in [0.29, 0.717) is 12.5 Å². The van der Waals surface area contributed by atoms with Crippen LogP contribution in [0.5, 0.6) is 5.75 Å². The lowest BCUT2D eigenvalue weighted by Gasteiger charge is -2.38. The number of hydrogen-bond acceptors (Lipinski definition) is 4. The van der Waals surface area contributed by atoms with Crippen LogP contribution in [0.3, 0.4) is 0 Å². The van der Waals surface area contributed by atoms with Gasteiger partial charge in [0.05, 0.1) is 18.8 Å². The van der Waals surface area contributed by atoms with Gasteiger partial charge in [-0.3, -0.25) is 14.7 Å². The molecule has 1 amide bonds. The normalized spacial score (nSPS) is 18.4. The van der Waals surface area contributed by atoms with Crippen LogP contribution in [-0.2, 0) is 11.3 Å². The Morgan fingerprint density at radius 1 is 1.19 bits per heavy atom. The van der Waals surface area contributed by atoms with Crippen LogP contribution in [0.4, 0.5) is 0 Å². The standard InChI is InChI=1S/C26H37N3O2/c1-26(2,3)18-25(30)28-24(23-10-5-7-15-27-23)17-21-9-6-8-16-29(21)19-20-11-13-22(31-4)14-12-20/h5,7,10-15,21,24H,6,8-9,16-19H2,1-4H3,(H,28,30)/t21-,24+/m1/s1. The van der Waals surface area contributed by atoms with Crippen LogP contribution in [-0.4, -0.2) is 35.5 Å². The highest BCUT2D eigenvalue weighted by Crippen LogP contribution is 2.28. The topological polar surface area (TPSA) is 54.5 Å². The summed E-state index contributed by atoms with van der Waals surface area (Å²) >= 11 is 0. The minimum atomic E-state index is -0.0717. The molecule has 1 aromatic carbocycles. The van der Waals surface area contributed by atoms with Gasteiger partial charge in [-0.2, -0.15) is 0 Å². The number of carbonyl (C=O) groups is 1. The molecular weight excluding hydrogens is 386 g/mol. The maximum Gasteiger partial charge on any atom is 0.221 e. The number of methoxy groups -OCH3 is 1. The first kappa shape index (κ1) is 23.3. The fraction of sp³-hybridized carbons (Fsp3) is 0.538. The SMILES string of the molecule is COc1ccc(CN2CCCC[C@@H]2C[C@H](NC(=O)CC(C)(C)C)c2ccccn2)cc1. The molecule has 5 nitrogen and oxygen atoms in total. The van der Waals surface area contributed by atoms with Crippen molar-refractivity contribution >= 4 is 5.91 Å². The molecule has 0 unspecified atom stereocenters. The molecule has 0 spiro atoms. The van der Waals surface area contributed by atoms with Crippen molar-refractivity contribution in [2.45, 2.75) is 71.5 Å².